The molecule has 4 aromatic heterocycles. The Morgan fingerprint density at radius 2 is 0.889 bits per heavy atom. The highest BCUT2D eigenvalue weighted by molar-refractivity contribution is 6.05. The van der Waals surface area contributed by atoms with Crippen LogP contribution in [0.25, 0.3) is 107 Å². The topological polar surface area (TPSA) is 82.5 Å². The van der Waals surface area contributed by atoms with E-state index in [1.54, 1.807) is 0 Å². The number of rotatable bonds is 7. The predicted molar refractivity (Wildman–Crippen MR) is 253 cm³/mol. The summed E-state index contributed by atoms with van der Waals surface area (Å²) in [4.78, 5) is 25.5. The second kappa shape index (κ2) is 15.2. The molecule has 1 aliphatic rings. The van der Waals surface area contributed by atoms with Crippen LogP contribution in [0.5, 0.6) is 0 Å². The molecule has 12 rings (SSSR count). The molecule has 0 radical (unpaired) electrons. The highest BCUT2D eigenvalue weighted by Crippen LogP contribution is 2.47. The second-order valence-electron chi connectivity index (χ2n) is 15.6. The number of para-hydroxylation sites is 2. The van der Waals surface area contributed by atoms with Crippen molar-refractivity contribution in [1.29, 1.82) is 0 Å². The van der Waals surface area contributed by atoms with Gasteiger partial charge in [-0.1, -0.05) is 170 Å². The molecule has 63 heavy (non-hydrogen) atoms. The molecule has 7 aromatic carbocycles. The molecule has 0 fully saturated rings. The monoisotopic (exact) mass is 808 g/mol. The Morgan fingerprint density at radius 1 is 0.413 bits per heavy atom. The summed E-state index contributed by atoms with van der Waals surface area (Å²) in [5, 5.41) is 2.16. The molecule has 0 spiro atoms. The summed E-state index contributed by atoms with van der Waals surface area (Å²) in [6.45, 7) is 0. The van der Waals surface area contributed by atoms with Gasteiger partial charge >= 0.3 is 0 Å². The van der Waals surface area contributed by atoms with Crippen molar-refractivity contribution in [1.82, 2.24) is 29.5 Å². The van der Waals surface area contributed by atoms with Crippen molar-refractivity contribution in [2.75, 3.05) is 0 Å². The zero-order chi connectivity index (χ0) is 41.7. The van der Waals surface area contributed by atoms with Gasteiger partial charge in [-0.2, -0.15) is 0 Å². The van der Waals surface area contributed by atoms with E-state index >= 15 is 0 Å². The van der Waals surface area contributed by atoms with E-state index in [0.29, 0.717) is 29.7 Å². The summed E-state index contributed by atoms with van der Waals surface area (Å²) < 4.78 is 9.27. The minimum Gasteiger partial charge on any atom is -0.454 e. The number of aromatic nitrogens is 6. The Bertz CT molecular complexity index is 3390. The molecule has 0 saturated carbocycles. The Hall–Kier alpha value is -8.55. The van der Waals surface area contributed by atoms with Gasteiger partial charge in [-0.15, -0.1) is 0 Å². The number of benzene rings is 7. The average molecular weight is 809 g/mol. The number of fused-ring (bicyclic) bond motifs is 7. The third-order valence-electron chi connectivity index (χ3n) is 11.7. The van der Waals surface area contributed by atoms with E-state index < -0.39 is 0 Å². The first kappa shape index (κ1) is 36.3. The van der Waals surface area contributed by atoms with Crippen LogP contribution in [0.2, 0.25) is 0 Å². The second-order valence-corrected chi connectivity index (χ2v) is 15.6. The zero-order valence-corrected chi connectivity index (χ0v) is 33.9. The fourth-order valence-electron chi connectivity index (χ4n) is 8.74. The lowest BCUT2D eigenvalue weighted by molar-refractivity contribution is 0.626. The van der Waals surface area contributed by atoms with E-state index in [1.165, 1.54) is 0 Å². The standard InChI is InChI=1S/C56H36N6O/c1-5-17-36(18-6-1)47-35-48(58-53(57-47)38-19-7-2-8-20-38)37-29-31-42(32-30-37)62-49-27-15-13-25-43(49)45-33-41(34-46-44-26-14-16-28-50(44)63-52(46)51(45)62)56-60-54(39-21-9-3-10-22-39)59-55(61-56)40-23-11-4-12-24-40/h1-32,34-35H,33H2. The first-order chi connectivity index (χ1) is 31.2. The largest absolute Gasteiger partial charge is 0.454 e. The summed E-state index contributed by atoms with van der Waals surface area (Å²) in [6.07, 6.45) is 2.80. The molecule has 1 aliphatic carbocycles. The van der Waals surface area contributed by atoms with Crippen LogP contribution in [0.15, 0.2) is 205 Å². The lowest BCUT2D eigenvalue weighted by Crippen LogP contribution is -2.04. The molecule has 0 saturated heterocycles. The van der Waals surface area contributed by atoms with Gasteiger partial charge in [0.25, 0.3) is 0 Å². The molecule has 7 heteroatoms. The summed E-state index contributed by atoms with van der Waals surface area (Å²) in [6, 6.07) is 68.3. The molecule has 0 aliphatic heterocycles. The lowest BCUT2D eigenvalue weighted by atomic mass is 10.0. The molecule has 0 unspecified atom stereocenters. The van der Waals surface area contributed by atoms with Crippen molar-refractivity contribution >= 4 is 33.5 Å². The van der Waals surface area contributed by atoms with Crippen LogP contribution in [-0.2, 0) is 6.42 Å². The first-order valence-electron chi connectivity index (χ1n) is 21.0. The minimum absolute atomic E-state index is 0.567. The van der Waals surface area contributed by atoms with Crippen molar-refractivity contribution in [2.24, 2.45) is 0 Å². The maximum absolute atomic E-state index is 6.93. The van der Waals surface area contributed by atoms with Gasteiger partial charge in [0.2, 0.25) is 0 Å². The van der Waals surface area contributed by atoms with E-state index in [2.05, 4.69) is 102 Å². The van der Waals surface area contributed by atoms with Gasteiger partial charge in [0.05, 0.1) is 22.6 Å². The van der Waals surface area contributed by atoms with Crippen LogP contribution in [0, 0.1) is 0 Å². The summed E-state index contributed by atoms with van der Waals surface area (Å²) in [5.41, 5.74) is 13.6. The van der Waals surface area contributed by atoms with Gasteiger partial charge in [0.1, 0.15) is 5.58 Å². The van der Waals surface area contributed by atoms with Crippen molar-refractivity contribution in [3.8, 4) is 73.8 Å². The highest BCUT2D eigenvalue weighted by Gasteiger charge is 2.30. The summed E-state index contributed by atoms with van der Waals surface area (Å²) in [7, 11) is 0. The molecule has 7 nitrogen and oxygen atoms in total. The Labute approximate surface area is 363 Å². The normalized spacial score (nSPS) is 12.2. The number of allylic oxidation sites excluding steroid dienone is 1. The number of furan rings is 1. The van der Waals surface area contributed by atoms with Crippen LogP contribution in [0.3, 0.4) is 0 Å². The number of hydrogen-bond acceptors (Lipinski definition) is 6. The van der Waals surface area contributed by atoms with Crippen molar-refractivity contribution in [2.45, 2.75) is 6.42 Å². The Balaban J connectivity index is 1.04. The van der Waals surface area contributed by atoms with Crippen LogP contribution in [0.4, 0.5) is 0 Å². The van der Waals surface area contributed by atoms with Gasteiger partial charge in [-0.05, 0) is 42.0 Å². The van der Waals surface area contributed by atoms with E-state index in [1.807, 2.05) is 109 Å². The maximum atomic E-state index is 6.93. The van der Waals surface area contributed by atoms with Crippen molar-refractivity contribution < 1.29 is 4.42 Å². The third-order valence-corrected chi connectivity index (χ3v) is 11.7. The van der Waals surface area contributed by atoms with Crippen molar-refractivity contribution in [3.05, 3.63) is 217 Å². The summed E-state index contributed by atoms with van der Waals surface area (Å²) in [5.74, 6) is 3.36. The molecular formula is C56H36N6O. The van der Waals surface area contributed by atoms with Crippen molar-refractivity contribution in [3.63, 3.8) is 0 Å². The molecule has 11 aromatic rings. The Kier molecular flexibility index (Phi) is 8.74. The zero-order valence-electron chi connectivity index (χ0n) is 33.9. The van der Waals surface area contributed by atoms with Gasteiger partial charge in [-0.25, -0.2) is 24.9 Å². The van der Waals surface area contributed by atoms with Gasteiger partial charge in [-0.3, -0.25) is 0 Å². The smallest absolute Gasteiger partial charge is 0.164 e. The molecule has 4 heterocycles. The Morgan fingerprint density at radius 3 is 1.49 bits per heavy atom. The number of nitrogens with zero attached hydrogens (tertiary/aromatic N) is 6. The van der Waals surface area contributed by atoms with Crippen LogP contribution >= 0.6 is 0 Å². The van der Waals surface area contributed by atoms with Gasteiger partial charge in [0.15, 0.2) is 29.1 Å². The third kappa shape index (κ3) is 6.51. The van der Waals surface area contributed by atoms with E-state index in [4.69, 9.17) is 29.3 Å². The van der Waals surface area contributed by atoms with Crippen LogP contribution < -0.4 is 0 Å². The summed E-state index contributed by atoms with van der Waals surface area (Å²) >= 11 is 0. The molecule has 0 N–H and O–H groups in total. The van der Waals surface area contributed by atoms with E-state index in [0.717, 1.165) is 94.9 Å². The van der Waals surface area contributed by atoms with Gasteiger partial charge in [0, 0.05) is 61.8 Å². The lowest BCUT2D eigenvalue weighted by Gasteiger charge is -2.13. The van der Waals surface area contributed by atoms with Crippen LogP contribution in [0.1, 0.15) is 17.0 Å². The molecule has 0 atom stereocenters. The molecule has 0 bridgehead atoms. The fourth-order valence-corrected chi connectivity index (χ4v) is 8.74. The molecular weight excluding hydrogens is 773 g/mol. The maximum Gasteiger partial charge on any atom is 0.164 e. The first-order valence-corrected chi connectivity index (χ1v) is 21.0. The predicted octanol–water partition coefficient (Wildman–Crippen LogP) is 13.5. The fraction of sp³-hybridized carbons (Fsp3) is 0.0179. The van der Waals surface area contributed by atoms with E-state index in [-0.39, 0.29) is 0 Å². The molecule has 296 valence electrons. The highest BCUT2D eigenvalue weighted by atomic mass is 16.3. The SMILES string of the molecule is C1=C(c2nc(-c3ccccc3)nc(-c3ccccc3)n2)Cc2c(n(-c3ccc(-c4cc(-c5ccccc5)nc(-c5ccccc5)n4)cc3)c3ccccc23)-c2oc3ccccc3c21. The minimum atomic E-state index is 0.567. The quantitative estimate of drug-likeness (QED) is 0.159. The van der Waals surface area contributed by atoms with E-state index in [9.17, 15) is 0 Å². The van der Waals surface area contributed by atoms with Gasteiger partial charge < -0.3 is 8.98 Å². The van der Waals surface area contributed by atoms with Crippen LogP contribution in [-0.4, -0.2) is 29.5 Å². The molecule has 0 amide bonds. The number of hydrogen-bond donors (Lipinski definition) is 0. The average Bonchev–Trinajstić information content (AvgIpc) is 3.83.